The summed E-state index contributed by atoms with van der Waals surface area (Å²) in [6.45, 7) is 9.12. The average Bonchev–Trinajstić information content (AvgIpc) is 2.51. The second kappa shape index (κ2) is 6.01. The molecule has 0 unspecified atom stereocenters. The minimum Gasteiger partial charge on any atom is -0.444 e. The summed E-state index contributed by atoms with van der Waals surface area (Å²) in [5.41, 5.74) is 1.60. The predicted octanol–water partition coefficient (Wildman–Crippen LogP) is 3.40. The molecule has 0 N–H and O–H groups in total. The number of ether oxygens (including phenoxy) is 1. The lowest BCUT2D eigenvalue weighted by Crippen LogP contribution is -2.61. The summed E-state index contributed by atoms with van der Waals surface area (Å²) in [6.07, 6.45) is 1.79. The molecule has 0 bridgehead atoms. The number of anilines is 1. The molecule has 1 aromatic rings. The van der Waals surface area contributed by atoms with E-state index in [4.69, 9.17) is 4.74 Å². The number of nitriles is 1. The van der Waals surface area contributed by atoms with Gasteiger partial charge in [0.15, 0.2) is 0 Å². The molecule has 2 fully saturated rings. The molecule has 0 saturated carbocycles. The quantitative estimate of drug-likeness (QED) is 0.793. The maximum atomic E-state index is 12.2. The van der Waals surface area contributed by atoms with Gasteiger partial charge in [0.1, 0.15) is 11.7 Å². The van der Waals surface area contributed by atoms with Crippen LogP contribution in [0.15, 0.2) is 24.3 Å². The molecule has 1 spiro atoms. The molecule has 3 rings (SSSR count). The zero-order valence-electron chi connectivity index (χ0n) is 14.7. The molecule has 2 heterocycles. The van der Waals surface area contributed by atoms with E-state index < -0.39 is 5.60 Å². The highest BCUT2D eigenvalue weighted by Gasteiger charge is 2.46. The molecule has 1 amide bonds. The molecule has 5 nitrogen and oxygen atoms in total. The zero-order valence-corrected chi connectivity index (χ0v) is 14.7. The lowest BCUT2D eigenvalue weighted by atomic mass is 9.71. The van der Waals surface area contributed by atoms with Crippen LogP contribution in [0.5, 0.6) is 0 Å². The van der Waals surface area contributed by atoms with Gasteiger partial charge in [0.2, 0.25) is 0 Å². The van der Waals surface area contributed by atoms with Gasteiger partial charge in [0, 0.05) is 31.6 Å². The van der Waals surface area contributed by atoms with Crippen molar-refractivity contribution >= 4 is 11.8 Å². The molecule has 128 valence electrons. The van der Waals surface area contributed by atoms with E-state index in [1.165, 1.54) is 0 Å². The fourth-order valence-corrected chi connectivity index (χ4v) is 3.58. The van der Waals surface area contributed by atoms with Gasteiger partial charge >= 0.3 is 6.09 Å². The first-order chi connectivity index (χ1) is 11.3. The van der Waals surface area contributed by atoms with Crippen LogP contribution < -0.4 is 4.90 Å². The van der Waals surface area contributed by atoms with Gasteiger partial charge in [0.25, 0.3) is 0 Å². The van der Waals surface area contributed by atoms with E-state index in [2.05, 4.69) is 11.0 Å². The third-order valence-electron chi connectivity index (χ3n) is 4.89. The lowest BCUT2D eigenvalue weighted by Gasteiger charge is -2.55. The van der Waals surface area contributed by atoms with Gasteiger partial charge < -0.3 is 14.5 Å². The number of benzene rings is 1. The second-order valence-electron chi connectivity index (χ2n) is 7.95. The van der Waals surface area contributed by atoms with Gasteiger partial charge in [-0.3, -0.25) is 0 Å². The standard InChI is InChI=1S/C19H25N3O2/c1-18(2,3)24-17(23)21-10-8-19(9-11-21)13-22(14-19)16-7-5-4-6-15(16)12-20/h4-7H,8-11,13-14H2,1-3H3. The number of carbonyl (C=O) groups is 1. The fraction of sp³-hybridized carbons (Fsp3) is 0.579. The Hall–Kier alpha value is -2.22. The number of hydrogen-bond donors (Lipinski definition) is 0. The van der Waals surface area contributed by atoms with Gasteiger partial charge in [0.05, 0.1) is 11.3 Å². The number of carbonyl (C=O) groups excluding carboxylic acids is 1. The number of rotatable bonds is 1. The third kappa shape index (κ3) is 3.33. The Labute approximate surface area is 143 Å². The first-order valence-corrected chi connectivity index (χ1v) is 8.54. The molecule has 1 aromatic carbocycles. The Balaban J connectivity index is 1.55. The van der Waals surface area contributed by atoms with Crippen molar-refractivity contribution in [2.24, 2.45) is 5.41 Å². The smallest absolute Gasteiger partial charge is 0.410 e. The lowest BCUT2D eigenvalue weighted by molar-refractivity contribution is 0.00598. The Bertz CT molecular complexity index is 656. The van der Waals surface area contributed by atoms with E-state index >= 15 is 0 Å². The molecule has 5 heteroatoms. The maximum Gasteiger partial charge on any atom is 0.410 e. The van der Waals surface area contributed by atoms with Crippen molar-refractivity contribution in [3.8, 4) is 6.07 Å². The van der Waals surface area contributed by atoms with Gasteiger partial charge in [-0.2, -0.15) is 5.26 Å². The van der Waals surface area contributed by atoms with Crippen molar-refractivity contribution in [1.29, 1.82) is 5.26 Å². The first kappa shape index (κ1) is 16.6. The van der Waals surface area contributed by atoms with E-state index in [0.717, 1.165) is 50.3 Å². The van der Waals surface area contributed by atoms with E-state index in [1.54, 1.807) is 0 Å². The highest BCUT2D eigenvalue weighted by molar-refractivity contribution is 5.68. The molecule has 2 aliphatic heterocycles. The molecule has 2 saturated heterocycles. The van der Waals surface area contributed by atoms with Crippen molar-refractivity contribution in [2.75, 3.05) is 31.1 Å². The van der Waals surface area contributed by atoms with Gasteiger partial charge in [-0.25, -0.2) is 4.79 Å². The third-order valence-corrected chi connectivity index (χ3v) is 4.89. The predicted molar refractivity (Wildman–Crippen MR) is 92.8 cm³/mol. The largest absolute Gasteiger partial charge is 0.444 e. The molecule has 0 aliphatic carbocycles. The SMILES string of the molecule is CC(C)(C)OC(=O)N1CCC2(CC1)CN(c1ccccc1C#N)C2. The van der Waals surface area contributed by atoms with Crippen LogP contribution in [0.4, 0.5) is 10.5 Å². The summed E-state index contributed by atoms with van der Waals surface area (Å²) >= 11 is 0. The average molecular weight is 327 g/mol. The van der Waals surface area contributed by atoms with Gasteiger partial charge in [-0.05, 0) is 45.7 Å². The van der Waals surface area contributed by atoms with Crippen LogP contribution in [-0.2, 0) is 4.74 Å². The maximum absolute atomic E-state index is 12.2. The molecular formula is C19H25N3O2. The topological polar surface area (TPSA) is 56.6 Å². The molecule has 0 radical (unpaired) electrons. The second-order valence-corrected chi connectivity index (χ2v) is 7.95. The van der Waals surface area contributed by atoms with Crippen LogP contribution in [0, 0.1) is 16.7 Å². The van der Waals surface area contributed by atoms with Crippen LogP contribution in [0.2, 0.25) is 0 Å². The zero-order chi connectivity index (χ0) is 17.4. The van der Waals surface area contributed by atoms with Crippen molar-refractivity contribution in [1.82, 2.24) is 4.90 Å². The van der Waals surface area contributed by atoms with Gasteiger partial charge in [-0.1, -0.05) is 12.1 Å². The normalized spacial score (nSPS) is 19.6. The fourth-order valence-electron chi connectivity index (χ4n) is 3.58. The van der Waals surface area contributed by atoms with E-state index in [-0.39, 0.29) is 11.5 Å². The van der Waals surface area contributed by atoms with Crippen LogP contribution in [0.25, 0.3) is 0 Å². The van der Waals surface area contributed by atoms with Crippen LogP contribution in [0.1, 0.15) is 39.2 Å². The number of likely N-dealkylation sites (tertiary alicyclic amines) is 1. The summed E-state index contributed by atoms with van der Waals surface area (Å²) in [7, 11) is 0. The summed E-state index contributed by atoms with van der Waals surface area (Å²) in [5.74, 6) is 0. The minimum absolute atomic E-state index is 0.205. The number of piperidine rings is 1. The van der Waals surface area contributed by atoms with Crippen LogP contribution >= 0.6 is 0 Å². The molecule has 0 aromatic heterocycles. The summed E-state index contributed by atoms with van der Waals surface area (Å²) in [4.78, 5) is 16.3. The van der Waals surface area contributed by atoms with E-state index in [9.17, 15) is 10.1 Å². The Morgan fingerprint density at radius 3 is 2.42 bits per heavy atom. The minimum atomic E-state index is -0.444. The molecule has 0 atom stereocenters. The van der Waals surface area contributed by atoms with Crippen molar-refractivity contribution in [2.45, 2.75) is 39.2 Å². The summed E-state index contributed by atoms with van der Waals surface area (Å²) in [5, 5.41) is 9.24. The summed E-state index contributed by atoms with van der Waals surface area (Å²) in [6, 6.07) is 10.0. The number of para-hydroxylation sites is 1. The van der Waals surface area contributed by atoms with Crippen molar-refractivity contribution < 1.29 is 9.53 Å². The summed E-state index contributed by atoms with van der Waals surface area (Å²) < 4.78 is 5.46. The molecule has 24 heavy (non-hydrogen) atoms. The number of hydrogen-bond acceptors (Lipinski definition) is 4. The Kier molecular flexibility index (Phi) is 4.16. The molecular weight excluding hydrogens is 302 g/mol. The number of amides is 1. The van der Waals surface area contributed by atoms with Crippen molar-refractivity contribution in [3.05, 3.63) is 29.8 Å². The highest BCUT2D eigenvalue weighted by Crippen LogP contribution is 2.43. The Morgan fingerprint density at radius 1 is 1.21 bits per heavy atom. The first-order valence-electron chi connectivity index (χ1n) is 8.54. The monoisotopic (exact) mass is 327 g/mol. The highest BCUT2D eigenvalue weighted by atomic mass is 16.6. The van der Waals surface area contributed by atoms with E-state index in [1.807, 2.05) is 49.9 Å². The van der Waals surface area contributed by atoms with Crippen LogP contribution in [0.3, 0.4) is 0 Å². The van der Waals surface area contributed by atoms with E-state index in [0.29, 0.717) is 0 Å². The van der Waals surface area contributed by atoms with Gasteiger partial charge in [-0.15, -0.1) is 0 Å². The number of nitrogens with zero attached hydrogens (tertiary/aromatic N) is 3. The van der Waals surface area contributed by atoms with Crippen LogP contribution in [-0.4, -0.2) is 42.8 Å². The molecule has 2 aliphatic rings. The van der Waals surface area contributed by atoms with Crippen molar-refractivity contribution in [3.63, 3.8) is 0 Å². The Morgan fingerprint density at radius 2 is 1.83 bits per heavy atom.